The average molecular weight is 228 g/mol. The van der Waals surface area contributed by atoms with Gasteiger partial charge in [0, 0.05) is 6.54 Å². The van der Waals surface area contributed by atoms with Gasteiger partial charge in [0.25, 0.3) is 5.91 Å². The lowest BCUT2D eigenvalue weighted by Gasteiger charge is -2.02. The first-order valence-corrected chi connectivity index (χ1v) is 5.89. The standard InChI is InChI=1S/C11H20N2O3/c1-2-3-4-5-6-7-13-11(15)9-8(16-9)10(12)14/h8-9H,2-7H2,1H3,(H2,12,14)(H,13,15)/t8-,9+/m0/s1. The van der Waals surface area contributed by atoms with E-state index in [9.17, 15) is 9.59 Å². The van der Waals surface area contributed by atoms with E-state index in [4.69, 9.17) is 10.5 Å². The maximum absolute atomic E-state index is 11.4. The molecule has 3 N–H and O–H groups in total. The smallest absolute Gasteiger partial charge is 0.252 e. The van der Waals surface area contributed by atoms with Gasteiger partial charge in [0.1, 0.15) is 0 Å². The molecule has 0 bridgehead atoms. The fourth-order valence-corrected chi connectivity index (χ4v) is 1.57. The van der Waals surface area contributed by atoms with Gasteiger partial charge in [-0.05, 0) is 6.42 Å². The molecule has 1 aliphatic rings. The summed E-state index contributed by atoms with van der Waals surface area (Å²) in [7, 11) is 0. The van der Waals surface area contributed by atoms with E-state index in [-0.39, 0.29) is 5.91 Å². The fourth-order valence-electron chi connectivity index (χ4n) is 1.57. The second kappa shape index (κ2) is 6.48. The highest BCUT2D eigenvalue weighted by atomic mass is 16.6. The Morgan fingerprint density at radius 3 is 2.44 bits per heavy atom. The molecular formula is C11H20N2O3. The van der Waals surface area contributed by atoms with Gasteiger partial charge in [-0.2, -0.15) is 0 Å². The number of primary amides is 1. The number of amides is 2. The first kappa shape index (κ1) is 13.0. The first-order valence-electron chi connectivity index (χ1n) is 5.89. The highest BCUT2D eigenvalue weighted by Gasteiger charge is 2.49. The topological polar surface area (TPSA) is 84.7 Å². The maximum Gasteiger partial charge on any atom is 0.252 e. The van der Waals surface area contributed by atoms with Crippen LogP contribution in [0.3, 0.4) is 0 Å². The molecule has 0 radical (unpaired) electrons. The van der Waals surface area contributed by atoms with Crippen molar-refractivity contribution in [2.45, 2.75) is 51.2 Å². The highest BCUT2D eigenvalue weighted by Crippen LogP contribution is 2.21. The first-order chi connectivity index (χ1) is 7.66. The highest BCUT2D eigenvalue weighted by molar-refractivity contribution is 5.94. The predicted molar refractivity (Wildman–Crippen MR) is 59.6 cm³/mol. The molecule has 0 saturated carbocycles. The van der Waals surface area contributed by atoms with Gasteiger partial charge in [-0.3, -0.25) is 9.59 Å². The lowest BCUT2D eigenvalue weighted by Crippen LogP contribution is -2.32. The molecule has 2 amide bonds. The van der Waals surface area contributed by atoms with E-state index < -0.39 is 18.1 Å². The minimum Gasteiger partial charge on any atom is -0.367 e. The molecule has 5 heteroatoms. The normalized spacial score (nSPS) is 22.8. The summed E-state index contributed by atoms with van der Waals surface area (Å²) in [4.78, 5) is 22.0. The molecule has 1 fully saturated rings. The molecule has 0 aromatic carbocycles. The third-order valence-corrected chi connectivity index (χ3v) is 2.61. The molecule has 5 nitrogen and oxygen atoms in total. The van der Waals surface area contributed by atoms with Crippen molar-refractivity contribution in [3.63, 3.8) is 0 Å². The van der Waals surface area contributed by atoms with Gasteiger partial charge in [0.15, 0.2) is 12.2 Å². The molecule has 0 aromatic heterocycles. The van der Waals surface area contributed by atoms with Crippen LogP contribution in [0.5, 0.6) is 0 Å². The second-order valence-corrected chi connectivity index (χ2v) is 4.08. The van der Waals surface area contributed by atoms with Crippen LogP contribution in [0.15, 0.2) is 0 Å². The van der Waals surface area contributed by atoms with Crippen molar-refractivity contribution in [3.8, 4) is 0 Å². The Bertz CT molecular complexity index is 256. The van der Waals surface area contributed by atoms with Crippen molar-refractivity contribution in [2.75, 3.05) is 6.54 Å². The Hall–Kier alpha value is -1.10. The molecular weight excluding hydrogens is 208 g/mol. The number of nitrogens with one attached hydrogen (secondary N) is 1. The Morgan fingerprint density at radius 1 is 1.19 bits per heavy atom. The largest absolute Gasteiger partial charge is 0.367 e. The number of ether oxygens (including phenoxy) is 1. The summed E-state index contributed by atoms with van der Waals surface area (Å²) in [5.41, 5.74) is 4.99. The van der Waals surface area contributed by atoms with E-state index in [1.807, 2.05) is 0 Å². The summed E-state index contributed by atoms with van der Waals surface area (Å²) in [6, 6.07) is 0. The van der Waals surface area contributed by atoms with Crippen molar-refractivity contribution in [1.82, 2.24) is 5.32 Å². The summed E-state index contributed by atoms with van der Waals surface area (Å²) >= 11 is 0. The second-order valence-electron chi connectivity index (χ2n) is 4.08. The summed E-state index contributed by atoms with van der Waals surface area (Å²) in [5, 5.41) is 2.73. The molecule has 0 spiro atoms. The number of epoxide rings is 1. The van der Waals surface area contributed by atoms with Crippen molar-refractivity contribution in [2.24, 2.45) is 5.73 Å². The predicted octanol–water partition coefficient (Wildman–Crippen LogP) is 0.326. The van der Waals surface area contributed by atoms with Gasteiger partial charge in [-0.1, -0.05) is 32.6 Å². The number of hydrogen-bond donors (Lipinski definition) is 2. The van der Waals surface area contributed by atoms with Gasteiger partial charge >= 0.3 is 0 Å². The van der Waals surface area contributed by atoms with Gasteiger partial charge in [0.2, 0.25) is 5.91 Å². The monoisotopic (exact) mass is 228 g/mol. The van der Waals surface area contributed by atoms with E-state index in [1.54, 1.807) is 0 Å². The Balaban J connectivity index is 1.98. The van der Waals surface area contributed by atoms with Crippen LogP contribution in [0, 0.1) is 0 Å². The van der Waals surface area contributed by atoms with Crippen LogP contribution in [-0.4, -0.2) is 30.6 Å². The van der Waals surface area contributed by atoms with E-state index >= 15 is 0 Å². The number of carbonyl (C=O) groups excluding carboxylic acids is 2. The van der Waals surface area contributed by atoms with Crippen molar-refractivity contribution >= 4 is 11.8 Å². The van der Waals surface area contributed by atoms with Crippen LogP contribution < -0.4 is 11.1 Å². The third-order valence-electron chi connectivity index (χ3n) is 2.61. The number of hydrogen-bond acceptors (Lipinski definition) is 3. The molecule has 1 aliphatic heterocycles. The van der Waals surface area contributed by atoms with Crippen molar-refractivity contribution < 1.29 is 14.3 Å². The van der Waals surface area contributed by atoms with Gasteiger partial charge in [-0.15, -0.1) is 0 Å². The number of carbonyl (C=O) groups is 2. The molecule has 0 aliphatic carbocycles. The van der Waals surface area contributed by atoms with Gasteiger partial charge in [0.05, 0.1) is 0 Å². The molecule has 16 heavy (non-hydrogen) atoms. The van der Waals surface area contributed by atoms with E-state index in [0.29, 0.717) is 6.54 Å². The zero-order valence-electron chi connectivity index (χ0n) is 9.70. The fraction of sp³-hybridized carbons (Fsp3) is 0.818. The zero-order valence-corrected chi connectivity index (χ0v) is 9.70. The van der Waals surface area contributed by atoms with Crippen molar-refractivity contribution in [1.29, 1.82) is 0 Å². The molecule has 92 valence electrons. The SMILES string of the molecule is CCCCCCCNC(=O)[C@@H]1O[C@@H]1C(N)=O. The van der Waals surface area contributed by atoms with Gasteiger partial charge in [-0.25, -0.2) is 0 Å². The lowest BCUT2D eigenvalue weighted by molar-refractivity contribution is -0.123. The molecule has 2 atom stereocenters. The summed E-state index contributed by atoms with van der Waals surface area (Å²) in [5.74, 6) is -0.789. The maximum atomic E-state index is 11.4. The summed E-state index contributed by atoms with van der Waals surface area (Å²) < 4.78 is 4.85. The minimum absolute atomic E-state index is 0.223. The Morgan fingerprint density at radius 2 is 1.88 bits per heavy atom. The van der Waals surface area contributed by atoms with E-state index in [1.165, 1.54) is 19.3 Å². The molecule has 0 unspecified atom stereocenters. The summed E-state index contributed by atoms with van der Waals surface area (Å²) in [6.07, 6.45) is 4.40. The van der Waals surface area contributed by atoms with E-state index in [0.717, 1.165) is 12.8 Å². The third kappa shape index (κ3) is 4.18. The van der Waals surface area contributed by atoms with Gasteiger partial charge < -0.3 is 15.8 Å². The molecule has 1 heterocycles. The van der Waals surface area contributed by atoms with Crippen LogP contribution >= 0.6 is 0 Å². The van der Waals surface area contributed by atoms with Crippen LogP contribution in [0.1, 0.15) is 39.0 Å². The van der Waals surface area contributed by atoms with Crippen molar-refractivity contribution in [3.05, 3.63) is 0 Å². The Kier molecular flexibility index (Phi) is 5.25. The number of nitrogens with two attached hydrogens (primary N) is 1. The summed E-state index contributed by atoms with van der Waals surface area (Å²) in [6.45, 7) is 2.81. The molecule has 1 saturated heterocycles. The van der Waals surface area contributed by atoms with Crippen LogP contribution in [0.2, 0.25) is 0 Å². The number of rotatable bonds is 8. The molecule has 1 rings (SSSR count). The van der Waals surface area contributed by atoms with Crippen LogP contribution in [0.4, 0.5) is 0 Å². The quantitative estimate of drug-likeness (QED) is 0.463. The number of unbranched alkanes of at least 4 members (excludes halogenated alkanes) is 4. The van der Waals surface area contributed by atoms with E-state index in [2.05, 4.69) is 12.2 Å². The average Bonchev–Trinajstić information content (AvgIpc) is 3.02. The Labute approximate surface area is 95.7 Å². The van der Waals surface area contributed by atoms with Crippen LogP contribution in [0.25, 0.3) is 0 Å². The minimum atomic E-state index is -0.708. The lowest BCUT2D eigenvalue weighted by atomic mass is 10.1. The zero-order chi connectivity index (χ0) is 12.0. The molecule has 0 aromatic rings. The van der Waals surface area contributed by atoms with Crippen LogP contribution in [-0.2, 0) is 14.3 Å².